The maximum atomic E-state index is 13.5. The number of ether oxygens (including phenoxy) is 1. The van der Waals surface area contributed by atoms with Gasteiger partial charge in [-0.25, -0.2) is 4.79 Å². The lowest BCUT2D eigenvalue weighted by Crippen LogP contribution is -2.60. The molecule has 1 aliphatic heterocycles. The van der Waals surface area contributed by atoms with Crippen LogP contribution < -0.4 is 10.2 Å². The molecule has 2 aromatic rings. The van der Waals surface area contributed by atoms with Crippen molar-refractivity contribution in [2.24, 2.45) is 0 Å². The number of methoxy groups -OCH3 is 1. The van der Waals surface area contributed by atoms with Crippen LogP contribution in [0.3, 0.4) is 0 Å². The Morgan fingerprint density at radius 1 is 1.07 bits per heavy atom. The molecule has 0 saturated heterocycles. The van der Waals surface area contributed by atoms with E-state index in [0.717, 1.165) is 16.8 Å². The van der Waals surface area contributed by atoms with Crippen LogP contribution in [-0.2, 0) is 22.5 Å². The minimum absolute atomic E-state index is 0.228. The van der Waals surface area contributed by atoms with Crippen LogP contribution >= 0.6 is 0 Å². The van der Waals surface area contributed by atoms with Crippen LogP contribution in [0.25, 0.3) is 0 Å². The molecule has 0 radical (unpaired) electrons. The van der Waals surface area contributed by atoms with Gasteiger partial charge in [-0.1, -0.05) is 54.6 Å². The predicted octanol–water partition coefficient (Wildman–Crippen LogP) is 3.38. The second-order valence-electron chi connectivity index (χ2n) is 7.77. The van der Waals surface area contributed by atoms with E-state index in [1.54, 1.807) is 0 Å². The van der Waals surface area contributed by atoms with Gasteiger partial charge in [-0.2, -0.15) is 0 Å². The molecule has 1 N–H and O–H groups in total. The Morgan fingerprint density at radius 2 is 1.73 bits per heavy atom. The van der Waals surface area contributed by atoms with Gasteiger partial charge < -0.3 is 15.0 Å². The van der Waals surface area contributed by atoms with Crippen molar-refractivity contribution >= 4 is 17.7 Å². The maximum Gasteiger partial charge on any atom is 0.411 e. The standard InChI is InChI=1S/C24H29N3O3/c1-18-14-15-24(27(18)23(29)30-4,16-19-8-6-5-7-9-19)22(28)25-17-20-10-12-21(13-11-20)26(2)3/h5-15,18H,16-17H2,1-4H3,(H,25,28)/t18-,24+/m1/s1. The van der Waals surface area contributed by atoms with Gasteiger partial charge in [-0.05, 0) is 30.2 Å². The van der Waals surface area contributed by atoms with Crippen molar-refractivity contribution in [3.63, 3.8) is 0 Å². The molecule has 1 aliphatic rings. The van der Waals surface area contributed by atoms with Crippen LogP contribution in [0, 0.1) is 0 Å². The first-order chi connectivity index (χ1) is 14.4. The average molecular weight is 408 g/mol. The van der Waals surface area contributed by atoms with Crippen molar-refractivity contribution in [2.45, 2.75) is 31.5 Å². The summed E-state index contributed by atoms with van der Waals surface area (Å²) in [6.07, 6.45) is 3.56. The molecule has 0 unspecified atom stereocenters. The third kappa shape index (κ3) is 4.32. The lowest BCUT2D eigenvalue weighted by molar-refractivity contribution is -0.130. The number of nitrogens with zero attached hydrogens (tertiary/aromatic N) is 2. The average Bonchev–Trinajstić information content (AvgIpc) is 3.09. The molecular weight excluding hydrogens is 378 g/mol. The smallest absolute Gasteiger partial charge is 0.411 e. The summed E-state index contributed by atoms with van der Waals surface area (Å²) in [5.41, 5.74) is 1.91. The van der Waals surface area contributed by atoms with Gasteiger partial charge in [0.05, 0.1) is 13.2 Å². The maximum absolute atomic E-state index is 13.5. The highest BCUT2D eigenvalue weighted by Crippen LogP contribution is 2.32. The summed E-state index contributed by atoms with van der Waals surface area (Å²) in [7, 11) is 5.31. The predicted molar refractivity (Wildman–Crippen MR) is 118 cm³/mol. The van der Waals surface area contributed by atoms with Gasteiger partial charge in [0.25, 0.3) is 5.91 Å². The number of carbonyl (C=O) groups excluding carboxylic acids is 2. The number of hydrogen-bond donors (Lipinski definition) is 1. The summed E-state index contributed by atoms with van der Waals surface area (Å²) in [6, 6.07) is 17.5. The fourth-order valence-corrected chi connectivity index (χ4v) is 3.82. The number of amides is 2. The van der Waals surface area contributed by atoms with Crippen molar-refractivity contribution in [3.05, 3.63) is 77.9 Å². The number of anilines is 1. The molecule has 0 aliphatic carbocycles. The van der Waals surface area contributed by atoms with Crippen LogP contribution in [0.5, 0.6) is 0 Å². The molecule has 0 spiro atoms. The van der Waals surface area contributed by atoms with Crippen molar-refractivity contribution in [2.75, 3.05) is 26.1 Å². The number of hydrogen-bond acceptors (Lipinski definition) is 4. The molecule has 3 rings (SSSR count). The van der Waals surface area contributed by atoms with E-state index >= 15 is 0 Å². The number of benzene rings is 2. The van der Waals surface area contributed by atoms with Gasteiger partial charge in [0, 0.05) is 32.7 Å². The molecule has 1 heterocycles. The molecule has 2 aromatic carbocycles. The van der Waals surface area contributed by atoms with E-state index in [1.165, 1.54) is 12.0 Å². The zero-order valence-corrected chi connectivity index (χ0v) is 18.0. The molecule has 0 aromatic heterocycles. The number of rotatable bonds is 6. The SMILES string of the molecule is COC(=O)N1[C@H](C)C=C[C@]1(Cc1ccccc1)C(=O)NCc1ccc(N(C)C)cc1. The van der Waals surface area contributed by atoms with Gasteiger partial charge in [0.1, 0.15) is 5.54 Å². The first-order valence-corrected chi connectivity index (χ1v) is 10.0. The highest BCUT2D eigenvalue weighted by Gasteiger charge is 2.50. The molecule has 0 bridgehead atoms. The minimum Gasteiger partial charge on any atom is -0.453 e. The summed E-state index contributed by atoms with van der Waals surface area (Å²) >= 11 is 0. The van der Waals surface area contributed by atoms with Gasteiger partial charge in [-0.3, -0.25) is 9.69 Å². The minimum atomic E-state index is -1.14. The van der Waals surface area contributed by atoms with E-state index in [0.29, 0.717) is 13.0 Å². The van der Waals surface area contributed by atoms with E-state index < -0.39 is 11.6 Å². The van der Waals surface area contributed by atoms with E-state index in [4.69, 9.17) is 4.74 Å². The van der Waals surface area contributed by atoms with Crippen LogP contribution in [-0.4, -0.2) is 49.7 Å². The third-order valence-electron chi connectivity index (χ3n) is 5.47. The van der Waals surface area contributed by atoms with Crippen LogP contribution in [0.15, 0.2) is 66.7 Å². The third-order valence-corrected chi connectivity index (χ3v) is 5.47. The highest BCUT2D eigenvalue weighted by molar-refractivity contribution is 5.93. The molecule has 0 saturated carbocycles. The van der Waals surface area contributed by atoms with E-state index in [9.17, 15) is 9.59 Å². The highest BCUT2D eigenvalue weighted by atomic mass is 16.5. The Hall–Kier alpha value is -3.28. The Bertz CT molecular complexity index is 909. The van der Waals surface area contributed by atoms with Crippen molar-refractivity contribution in [1.29, 1.82) is 0 Å². The molecule has 6 nitrogen and oxygen atoms in total. The van der Waals surface area contributed by atoms with Gasteiger partial charge in [0.2, 0.25) is 0 Å². The molecule has 2 atom stereocenters. The van der Waals surface area contributed by atoms with E-state index in [2.05, 4.69) is 5.32 Å². The number of carbonyl (C=O) groups is 2. The zero-order valence-electron chi connectivity index (χ0n) is 18.0. The lowest BCUT2D eigenvalue weighted by Gasteiger charge is -2.38. The van der Waals surface area contributed by atoms with E-state index in [1.807, 2.05) is 92.7 Å². The van der Waals surface area contributed by atoms with Crippen LogP contribution in [0.2, 0.25) is 0 Å². The zero-order chi connectivity index (χ0) is 21.7. The summed E-state index contributed by atoms with van der Waals surface area (Å²) < 4.78 is 5.01. The van der Waals surface area contributed by atoms with E-state index in [-0.39, 0.29) is 11.9 Å². The normalized spacial score (nSPS) is 20.1. The van der Waals surface area contributed by atoms with Crippen molar-refractivity contribution < 1.29 is 14.3 Å². The first kappa shape index (κ1) is 21.4. The monoisotopic (exact) mass is 407 g/mol. The first-order valence-electron chi connectivity index (χ1n) is 10.0. The van der Waals surface area contributed by atoms with Gasteiger partial charge >= 0.3 is 6.09 Å². The number of nitrogens with one attached hydrogen (secondary N) is 1. The Morgan fingerprint density at radius 3 is 2.33 bits per heavy atom. The summed E-state index contributed by atoms with van der Waals surface area (Å²) in [4.78, 5) is 29.6. The largest absolute Gasteiger partial charge is 0.453 e. The fraction of sp³-hybridized carbons (Fsp3) is 0.333. The molecule has 0 fully saturated rings. The van der Waals surface area contributed by atoms with Crippen molar-refractivity contribution in [3.8, 4) is 0 Å². The van der Waals surface area contributed by atoms with Gasteiger partial charge in [-0.15, -0.1) is 0 Å². The molecular formula is C24H29N3O3. The topological polar surface area (TPSA) is 61.9 Å². The second-order valence-corrected chi connectivity index (χ2v) is 7.77. The fourth-order valence-electron chi connectivity index (χ4n) is 3.82. The Balaban J connectivity index is 1.85. The molecule has 6 heteroatoms. The Labute approximate surface area is 178 Å². The molecule has 158 valence electrons. The van der Waals surface area contributed by atoms with Crippen LogP contribution in [0.4, 0.5) is 10.5 Å². The van der Waals surface area contributed by atoms with Crippen LogP contribution in [0.1, 0.15) is 18.1 Å². The molecule has 2 amide bonds. The quantitative estimate of drug-likeness (QED) is 0.746. The lowest BCUT2D eigenvalue weighted by atomic mass is 9.89. The van der Waals surface area contributed by atoms with Gasteiger partial charge in [0.15, 0.2) is 0 Å². The second kappa shape index (κ2) is 9.03. The summed E-state index contributed by atoms with van der Waals surface area (Å²) in [5.74, 6) is -0.228. The molecule has 30 heavy (non-hydrogen) atoms. The Kier molecular flexibility index (Phi) is 6.45. The van der Waals surface area contributed by atoms with Crippen molar-refractivity contribution in [1.82, 2.24) is 10.2 Å². The summed E-state index contributed by atoms with van der Waals surface area (Å²) in [5, 5.41) is 3.03. The summed E-state index contributed by atoms with van der Waals surface area (Å²) in [6.45, 7) is 2.26.